The lowest BCUT2D eigenvalue weighted by Gasteiger charge is -2.47. The lowest BCUT2D eigenvalue weighted by molar-refractivity contribution is 0.297. The van der Waals surface area contributed by atoms with Crippen molar-refractivity contribution in [1.82, 2.24) is 5.32 Å². The number of benzene rings is 1. The average Bonchev–Trinajstić information content (AvgIpc) is 2.28. The second-order valence-corrected chi connectivity index (χ2v) is 6.81. The minimum Gasteiger partial charge on any atom is -0.302 e. The Bertz CT molecular complexity index is 508. The van der Waals surface area contributed by atoms with E-state index in [1.807, 2.05) is 6.92 Å². The van der Waals surface area contributed by atoms with E-state index >= 15 is 0 Å². The van der Waals surface area contributed by atoms with E-state index in [-0.39, 0.29) is 5.82 Å². The van der Waals surface area contributed by atoms with E-state index < -0.39 is 14.7 Å². The summed E-state index contributed by atoms with van der Waals surface area (Å²) in [4.78, 5) is -0.644. The van der Waals surface area contributed by atoms with Gasteiger partial charge in [-0.3, -0.25) is 0 Å². The van der Waals surface area contributed by atoms with Crippen LogP contribution in [0.15, 0.2) is 29.2 Å². The second-order valence-electron chi connectivity index (χ2n) is 4.60. The highest BCUT2D eigenvalue weighted by Crippen LogP contribution is 2.47. The van der Waals surface area contributed by atoms with Crippen molar-refractivity contribution in [1.29, 1.82) is 0 Å². The van der Waals surface area contributed by atoms with Gasteiger partial charge in [0.15, 0.2) is 9.84 Å². The Morgan fingerprint density at radius 2 is 1.94 bits per heavy atom. The highest BCUT2D eigenvalue weighted by atomic mass is 32.2. The summed E-state index contributed by atoms with van der Waals surface area (Å²) in [6.45, 7) is 1.93. The number of hydrogen-bond acceptors (Lipinski definition) is 3. The third kappa shape index (κ3) is 1.72. The molecule has 2 atom stereocenters. The van der Waals surface area contributed by atoms with Crippen molar-refractivity contribution in [3.05, 3.63) is 29.8 Å². The summed E-state index contributed by atoms with van der Waals surface area (Å²) in [5, 5.41) is 2.91. The Hall–Kier alpha value is -0.805. The van der Waals surface area contributed by atoms with Gasteiger partial charge in [0.05, 0.1) is 12.7 Å². The highest BCUT2D eigenvalue weighted by Gasteiger charge is 2.53. The van der Waals surface area contributed by atoms with Crippen molar-refractivity contribution < 1.29 is 8.42 Å². The van der Waals surface area contributed by atoms with Gasteiger partial charge >= 0.3 is 0 Å². The van der Waals surface area contributed by atoms with Crippen LogP contribution in [0, 0.1) is 6.92 Å². The predicted octanol–water partition coefficient (Wildman–Crippen LogP) is 1.44. The van der Waals surface area contributed by atoms with Crippen molar-refractivity contribution in [3.63, 3.8) is 0 Å². The lowest BCUT2D eigenvalue weighted by Crippen LogP contribution is -2.59. The van der Waals surface area contributed by atoms with Crippen LogP contribution in [0.5, 0.6) is 0 Å². The number of sulfone groups is 1. The molecule has 0 bridgehead atoms. The molecule has 2 unspecified atom stereocenters. The molecule has 0 amide bonds. The Kier molecular flexibility index (Phi) is 3.08. The Labute approximate surface area is 104 Å². The Morgan fingerprint density at radius 3 is 2.29 bits per heavy atom. The van der Waals surface area contributed by atoms with Crippen LogP contribution in [-0.4, -0.2) is 28.2 Å². The molecule has 1 aromatic rings. The molecule has 1 aliphatic rings. The van der Waals surface area contributed by atoms with Gasteiger partial charge in [-0.05, 0) is 38.3 Å². The molecule has 0 heterocycles. The van der Waals surface area contributed by atoms with Gasteiger partial charge in [-0.15, -0.1) is 0 Å². The van der Waals surface area contributed by atoms with Gasteiger partial charge in [-0.2, -0.15) is 0 Å². The molecule has 1 saturated carbocycles. The smallest absolute Gasteiger partial charge is 0.196 e. The van der Waals surface area contributed by atoms with Crippen molar-refractivity contribution in [3.8, 4) is 0 Å². The lowest BCUT2D eigenvalue weighted by atomic mass is 9.66. The van der Waals surface area contributed by atoms with Gasteiger partial charge < -0.3 is 5.32 Å². The summed E-state index contributed by atoms with van der Waals surface area (Å²) in [5.41, 5.74) is 1.04. The van der Waals surface area contributed by atoms with E-state index in [4.69, 9.17) is 7.85 Å². The zero-order chi connectivity index (χ0) is 12.7. The zero-order valence-corrected chi connectivity index (χ0v) is 10.9. The largest absolute Gasteiger partial charge is 0.302 e. The van der Waals surface area contributed by atoms with Crippen molar-refractivity contribution in [2.24, 2.45) is 0 Å². The molecular weight excluding hydrogens is 233 g/mol. The van der Waals surface area contributed by atoms with Crippen molar-refractivity contribution in [2.75, 3.05) is 7.05 Å². The summed E-state index contributed by atoms with van der Waals surface area (Å²) in [6.07, 6.45) is 1.31. The van der Waals surface area contributed by atoms with Gasteiger partial charge in [-0.25, -0.2) is 8.42 Å². The van der Waals surface area contributed by atoms with Gasteiger partial charge in [-0.1, -0.05) is 24.1 Å². The third-order valence-electron chi connectivity index (χ3n) is 3.66. The molecule has 1 aliphatic carbocycles. The van der Waals surface area contributed by atoms with Crippen LogP contribution in [0.4, 0.5) is 0 Å². The van der Waals surface area contributed by atoms with Crippen molar-refractivity contribution >= 4 is 17.7 Å². The van der Waals surface area contributed by atoms with Gasteiger partial charge in [0.1, 0.15) is 4.87 Å². The summed E-state index contributed by atoms with van der Waals surface area (Å²) < 4.78 is 25.1. The molecule has 90 valence electrons. The summed E-state index contributed by atoms with van der Waals surface area (Å²) in [6, 6.07) is 6.91. The van der Waals surface area contributed by atoms with Crippen LogP contribution in [0.1, 0.15) is 18.4 Å². The molecule has 0 spiro atoms. The molecule has 3 nitrogen and oxygen atoms in total. The van der Waals surface area contributed by atoms with E-state index in [9.17, 15) is 8.42 Å². The van der Waals surface area contributed by atoms with Gasteiger partial charge in [0, 0.05) is 0 Å². The summed E-state index contributed by atoms with van der Waals surface area (Å²) in [7, 11) is 4.12. The molecule has 2 radical (unpaired) electrons. The first kappa shape index (κ1) is 12.6. The first-order valence-electron chi connectivity index (χ1n) is 5.70. The van der Waals surface area contributed by atoms with Crippen LogP contribution in [0.25, 0.3) is 0 Å². The predicted molar refractivity (Wildman–Crippen MR) is 68.9 cm³/mol. The maximum absolute atomic E-state index is 12.5. The fraction of sp³-hybridized carbons (Fsp3) is 0.500. The number of aryl methyl sites for hydroxylation is 1. The molecule has 0 aliphatic heterocycles. The van der Waals surface area contributed by atoms with E-state index in [0.29, 0.717) is 11.3 Å². The SMILES string of the molecule is [B]C1CCC1(NC)S(=O)(=O)c1ccc(C)cc1. The molecule has 17 heavy (non-hydrogen) atoms. The van der Waals surface area contributed by atoms with Crippen molar-refractivity contribution in [2.45, 2.75) is 35.3 Å². The normalized spacial score (nSPS) is 28.7. The van der Waals surface area contributed by atoms with Crippen LogP contribution in [0.2, 0.25) is 5.82 Å². The van der Waals surface area contributed by atoms with Crippen LogP contribution >= 0.6 is 0 Å². The standard InChI is InChI=1S/C12H16BNO2S/c1-9-3-5-10(6-4-9)17(15,16)12(14-2)8-7-11(12)13/h3-6,11,14H,7-8H2,1-2H3. The zero-order valence-electron chi connectivity index (χ0n) is 10.1. The minimum atomic E-state index is -3.42. The Morgan fingerprint density at radius 1 is 1.35 bits per heavy atom. The molecular formula is C12H16BNO2S. The molecule has 1 N–H and O–H groups in total. The third-order valence-corrected chi connectivity index (χ3v) is 6.22. The first-order chi connectivity index (χ1) is 7.94. The second kappa shape index (κ2) is 4.14. The minimum absolute atomic E-state index is 0.334. The van der Waals surface area contributed by atoms with Gasteiger partial charge in [0.25, 0.3) is 0 Å². The topological polar surface area (TPSA) is 46.2 Å². The fourth-order valence-corrected chi connectivity index (χ4v) is 4.37. The molecule has 0 aromatic heterocycles. The molecule has 5 heteroatoms. The van der Waals surface area contributed by atoms with E-state index in [1.165, 1.54) is 0 Å². The van der Waals surface area contributed by atoms with Crippen LogP contribution in [0.3, 0.4) is 0 Å². The summed E-state index contributed by atoms with van der Waals surface area (Å²) in [5.74, 6) is -0.334. The number of rotatable bonds is 3. The van der Waals surface area contributed by atoms with Crippen LogP contribution < -0.4 is 5.32 Å². The van der Waals surface area contributed by atoms with Gasteiger partial charge in [0.2, 0.25) is 0 Å². The van der Waals surface area contributed by atoms with E-state index in [1.54, 1.807) is 31.3 Å². The highest BCUT2D eigenvalue weighted by molar-refractivity contribution is 7.93. The maximum atomic E-state index is 12.5. The molecule has 1 aromatic carbocycles. The molecule has 1 fully saturated rings. The Balaban J connectivity index is 2.46. The van der Waals surface area contributed by atoms with E-state index in [2.05, 4.69) is 5.32 Å². The van der Waals surface area contributed by atoms with Crippen LogP contribution in [-0.2, 0) is 9.84 Å². The first-order valence-corrected chi connectivity index (χ1v) is 7.18. The van der Waals surface area contributed by atoms with E-state index in [0.717, 1.165) is 12.0 Å². The number of hydrogen-bond donors (Lipinski definition) is 1. The quantitative estimate of drug-likeness (QED) is 0.824. The molecule has 0 saturated heterocycles. The summed E-state index contributed by atoms with van der Waals surface area (Å²) >= 11 is 0. The monoisotopic (exact) mass is 249 g/mol. The molecule has 2 rings (SSSR count). The maximum Gasteiger partial charge on any atom is 0.196 e. The average molecular weight is 249 g/mol. The fourth-order valence-electron chi connectivity index (χ4n) is 2.28. The number of nitrogens with one attached hydrogen (secondary N) is 1.